The van der Waals surface area contributed by atoms with Gasteiger partial charge in [-0.25, -0.2) is 18.2 Å². The number of aryl methyl sites for hydroxylation is 1. The molecule has 0 saturated heterocycles. The molecule has 0 radical (unpaired) electrons. The smallest absolute Gasteiger partial charge is 0.304 e. The maximum atomic E-state index is 14.0. The first-order valence-electron chi connectivity index (χ1n) is 9.36. The zero-order chi connectivity index (χ0) is 21.6. The van der Waals surface area contributed by atoms with E-state index in [1.54, 1.807) is 6.07 Å². The van der Waals surface area contributed by atoms with Crippen molar-refractivity contribution >= 4 is 39.1 Å². The summed E-state index contributed by atoms with van der Waals surface area (Å²) in [6.07, 6.45) is 0.769. The van der Waals surface area contributed by atoms with E-state index in [-0.39, 0.29) is 28.6 Å². The van der Waals surface area contributed by atoms with Gasteiger partial charge in [-0.15, -0.1) is 11.3 Å². The van der Waals surface area contributed by atoms with Crippen LogP contribution in [0.5, 0.6) is 0 Å². The summed E-state index contributed by atoms with van der Waals surface area (Å²) in [6.45, 7) is 1.90. The predicted molar refractivity (Wildman–Crippen MR) is 106 cm³/mol. The molecule has 5 nitrogen and oxygen atoms in total. The summed E-state index contributed by atoms with van der Waals surface area (Å²) in [7, 11) is 0. The van der Waals surface area contributed by atoms with Crippen LogP contribution >= 0.6 is 11.3 Å². The quantitative estimate of drug-likeness (QED) is 0.602. The molecule has 1 aliphatic rings. The van der Waals surface area contributed by atoms with Crippen LogP contribution in [0.4, 0.5) is 18.9 Å². The maximum Gasteiger partial charge on any atom is 0.304 e. The summed E-state index contributed by atoms with van der Waals surface area (Å²) in [4.78, 5) is 29.7. The molecule has 1 aromatic heterocycles. The molecule has 9 heteroatoms. The molecule has 0 fully saturated rings. The number of halogens is 3. The van der Waals surface area contributed by atoms with E-state index in [9.17, 15) is 27.9 Å². The topological polar surface area (TPSA) is 70.5 Å². The first kappa shape index (κ1) is 20.3. The average Bonchev–Trinajstić information content (AvgIpc) is 3.13. The number of rotatable bonds is 5. The fourth-order valence-corrected chi connectivity index (χ4v) is 4.70. The number of carboxylic acids is 1. The van der Waals surface area contributed by atoms with Gasteiger partial charge in [-0.1, -0.05) is 19.1 Å². The average molecular weight is 434 g/mol. The summed E-state index contributed by atoms with van der Waals surface area (Å²) >= 11 is 0.837. The van der Waals surface area contributed by atoms with E-state index >= 15 is 0 Å². The Morgan fingerprint density at radius 2 is 2.03 bits per heavy atom. The second kappa shape index (κ2) is 7.71. The van der Waals surface area contributed by atoms with Crippen molar-refractivity contribution in [2.24, 2.45) is 5.92 Å². The molecule has 1 N–H and O–H groups in total. The van der Waals surface area contributed by atoms with Crippen LogP contribution in [0.25, 0.3) is 10.2 Å². The van der Waals surface area contributed by atoms with Crippen molar-refractivity contribution in [2.75, 3.05) is 4.90 Å². The number of aliphatic carboxylic acids is 1. The third-order valence-corrected chi connectivity index (χ3v) is 6.25. The lowest BCUT2D eigenvalue weighted by molar-refractivity contribution is -0.140. The first-order chi connectivity index (χ1) is 14.3. The van der Waals surface area contributed by atoms with Gasteiger partial charge in [0.1, 0.15) is 16.3 Å². The number of amides is 1. The van der Waals surface area contributed by atoms with E-state index in [4.69, 9.17) is 0 Å². The standard InChI is InChI=1S/C21H17F3N2O3S/c1-2-10-3-4-15-11(5-10)6-12(7-17(27)28)21(29)26(15)9-16-25-19-18(24)13(22)8-14(23)20(19)30-16/h3-5,8,12H,2,6-7,9H2,1H3,(H,27,28). The lowest BCUT2D eigenvalue weighted by atomic mass is 9.88. The Bertz CT molecular complexity index is 1180. The van der Waals surface area contributed by atoms with Gasteiger partial charge in [0.15, 0.2) is 11.6 Å². The fourth-order valence-electron chi connectivity index (χ4n) is 3.74. The molecule has 0 saturated carbocycles. The number of hydrogen-bond donors (Lipinski definition) is 1. The zero-order valence-electron chi connectivity index (χ0n) is 15.9. The second-order valence-electron chi connectivity index (χ2n) is 7.18. The summed E-state index contributed by atoms with van der Waals surface area (Å²) in [5, 5.41) is 9.42. The van der Waals surface area contributed by atoms with Gasteiger partial charge in [-0.3, -0.25) is 9.59 Å². The van der Waals surface area contributed by atoms with E-state index in [2.05, 4.69) is 4.98 Å². The van der Waals surface area contributed by atoms with Crippen LogP contribution in [-0.4, -0.2) is 22.0 Å². The van der Waals surface area contributed by atoms with Gasteiger partial charge in [-0.2, -0.15) is 0 Å². The maximum absolute atomic E-state index is 14.0. The Kier molecular flexibility index (Phi) is 5.23. The summed E-state index contributed by atoms with van der Waals surface area (Å²) in [5.74, 6) is -5.71. The predicted octanol–water partition coefficient (Wildman–Crippen LogP) is 4.46. The molecular formula is C21H17F3N2O3S. The number of thiazole rings is 1. The molecule has 2 aromatic carbocycles. The van der Waals surface area contributed by atoms with Crippen molar-refractivity contribution in [1.29, 1.82) is 0 Å². The van der Waals surface area contributed by atoms with Gasteiger partial charge < -0.3 is 10.0 Å². The Morgan fingerprint density at radius 1 is 1.27 bits per heavy atom. The molecule has 1 amide bonds. The normalized spacial score (nSPS) is 16.2. The number of nitrogens with zero attached hydrogens (tertiary/aromatic N) is 2. The molecule has 3 aromatic rings. The molecule has 156 valence electrons. The van der Waals surface area contributed by atoms with Crippen molar-refractivity contribution in [1.82, 2.24) is 4.98 Å². The molecule has 0 spiro atoms. The van der Waals surface area contributed by atoms with Crippen LogP contribution in [0, 0.1) is 23.4 Å². The van der Waals surface area contributed by atoms with Crippen LogP contribution in [-0.2, 0) is 29.0 Å². The largest absolute Gasteiger partial charge is 0.481 e. The number of carbonyl (C=O) groups excluding carboxylic acids is 1. The van der Waals surface area contributed by atoms with Crippen LogP contribution < -0.4 is 4.90 Å². The van der Waals surface area contributed by atoms with Crippen molar-refractivity contribution in [3.05, 3.63) is 57.9 Å². The highest BCUT2D eigenvalue weighted by Crippen LogP contribution is 2.36. The van der Waals surface area contributed by atoms with Crippen molar-refractivity contribution in [3.63, 3.8) is 0 Å². The zero-order valence-corrected chi connectivity index (χ0v) is 16.7. The Morgan fingerprint density at radius 3 is 2.73 bits per heavy atom. The van der Waals surface area contributed by atoms with E-state index < -0.39 is 34.9 Å². The minimum atomic E-state index is -1.33. The molecule has 1 unspecified atom stereocenters. The Labute approximate surface area is 173 Å². The van der Waals surface area contributed by atoms with Gasteiger partial charge in [0, 0.05) is 11.8 Å². The third-order valence-electron chi connectivity index (χ3n) is 5.20. The van der Waals surface area contributed by atoms with Gasteiger partial charge >= 0.3 is 5.97 Å². The fraction of sp³-hybridized carbons (Fsp3) is 0.286. The molecular weight excluding hydrogens is 417 g/mol. The van der Waals surface area contributed by atoms with Crippen LogP contribution in [0.2, 0.25) is 0 Å². The van der Waals surface area contributed by atoms with Gasteiger partial charge in [0.2, 0.25) is 5.91 Å². The molecule has 2 heterocycles. The highest BCUT2D eigenvalue weighted by Gasteiger charge is 2.35. The minimum Gasteiger partial charge on any atom is -0.481 e. The number of carbonyl (C=O) groups is 2. The SMILES string of the molecule is CCc1ccc2c(c1)CC(CC(=O)O)C(=O)N2Cc1nc2c(F)c(F)cc(F)c2s1. The van der Waals surface area contributed by atoms with E-state index in [1.165, 1.54) is 4.90 Å². The number of carboxylic acid groups (broad SMARTS) is 1. The third kappa shape index (κ3) is 3.54. The summed E-state index contributed by atoms with van der Waals surface area (Å²) in [6, 6.07) is 6.08. The van der Waals surface area contributed by atoms with Gasteiger partial charge in [0.25, 0.3) is 0 Å². The number of benzene rings is 2. The Balaban J connectivity index is 1.76. The molecule has 30 heavy (non-hydrogen) atoms. The van der Waals surface area contributed by atoms with E-state index in [1.807, 2.05) is 19.1 Å². The molecule has 1 aliphatic heterocycles. The molecule has 0 bridgehead atoms. The molecule has 4 rings (SSSR count). The number of fused-ring (bicyclic) bond motifs is 2. The Hall–Kier alpha value is -2.94. The molecule has 1 atom stereocenters. The highest BCUT2D eigenvalue weighted by molar-refractivity contribution is 7.18. The van der Waals surface area contributed by atoms with Crippen molar-refractivity contribution in [2.45, 2.75) is 32.7 Å². The first-order valence-corrected chi connectivity index (χ1v) is 10.2. The van der Waals surface area contributed by atoms with Gasteiger partial charge in [0.05, 0.1) is 23.6 Å². The highest BCUT2D eigenvalue weighted by atomic mass is 32.1. The molecule has 0 aliphatic carbocycles. The van der Waals surface area contributed by atoms with Gasteiger partial charge in [-0.05, 0) is 30.0 Å². The summed E-state index contributed by atoms with van der Waals surface area (Å²) < 4.78 is 41.5. The van der Waals surface area contributed by atoms with Crippen LogP contribution in [0.3, 0.4) is 0 Å². The number of aromatic nitrogens is 1. The second-order valence-corrected chi connectivity index (χ2v) is 8.26. The van der Waals surface area contributed by atoms with Crippen LogP contribution in [0.1, 0.15) is 29.5 Å². The minimum absolute atomic E-state index is 0.0900. The lowest BCUT2D eigenvalue weighted by Gasteiger charge is -2.33. The van der Waals surface area contributed by atoms with E-state index in [0.717, 1.165) is 28.9 Å². The van der Waals surface area contributed by atoms with Crippen LogP contribution in [0.15, 0.2) is 24.3 Å². The number of anilines is 1. The monoisotopic (exact) mass is 434 g/mol. The number of hydrogen-bond acceptors (Lipinski definition) is 4. The van der Waals surface area contributed by atoms with Crippen molar-refractivity contribution < 1.29 is 27.9 Å². The van der Waals surface area contributed by atoms with E-state index in [0.29, 0.717) is 18.2 Å². The lowest BCUT2D eigenvalue weighted by Crippen LogP contribution is -2.41. The summed E-state index contributed by atoms with van der Waals surface area (Å²) in [5.41, 5.74) is 2.09. The van der Waals surface area contributed by atoms with Crippen molar-refractivity contribution in [3.8, 4) is 0 Å².